The summed E-state index contributed by atoms with van der Waals surface area (Å²) in [5, 5.41) is 10.0. The van der Waals surface area contributed by atoms with Gasteiger partial charge >= 0.3 is 0 Å². The number of nitrogens with zero attached hydrogens (tertiary/aromatic N) is 1. The molecule has 1 saturated heterocycles. The predicted octanol–water partition coefficient (Wildman–Crippen LogP) is 2.52. The second-order valence-electron chi connectivity index (χ2n) is 5.53. The first-order chi connectivity index (χ1) is 10.7. The molecule has 1 amide bonds. The maximum absolute atomic E-state index is 12.9. The number of hydrogen-bond acceptors (Lipinski definition) is 4. The summed E-state index contributed by atoms with van der Waals surface area (Å²) in [5.41, 5.74) is 1.41. The van der Waals surface area contributed by atoms with Crippen molar-refractivity contribution in [1.82, 2.24) is 15.8 Å². The minimum absolute atomic E-state index is 0. The van der Waals surface area contributed by atoms with Gasteiger partial charge in [0.25, 0.3) is 0 Å². The molecule has 2 heterocycles. The van der Waals surface area contributed by atoms with Crippen LogP contribution in [0.1, 0.15) is 18.6 Å². The van der Waals surface area contributed by atoms with E-state index in [-0.39, 0.29) is 24.1 Å². The predicted molar refractivity (Wildman–Crippen MR) is 86.6 cm³/mol. The Hall–Kier alpha value is -1.92. The monoisotopic (exact) mass is 339 g/mol. The highest BCUT2D eigenvalue weighted by molar-refractivity contribution is 5.85. The van der Waals surface area contributed by atoms with Crippen LogP contribution in [0.4, 0.5) is 4.39 Å². The Labute approximate surface area is 140 Å². The zero-order chi connectivity index (χ0) is 15.4. The van der Waals surface area contributed by atoms with E-state index in [0.29, 0.717) is 30.3 Å². The minimum Gasteiger partial charge on any atom is -0.359 e. The molecule has 0 radical (unpaired) electrons. The van der Waals surface area contributed by atoms with Crippen LogP contribution in [0, 0.1) is 11.7 Å². The van der Waals surface area contributed by atoms with Gasteiger partial charge in [0.05, 0.1) is 6.54 Å². The van der Waals surface area contributed by atoms with Gasteiger partial charge < -0.3 is 15.2 Å². The molecule has 1 aromatic heterocycles. The molecule has 2 N–H and O–H groups in total. The molecule has 7 heteroatoms. The van der Waals surface area contributed by atoms with Crippen molar-refractivity contribution in [2.75, 3.05) is 13.1 Å². The van der Waals surface area contributed by atoms with Crippen LogP contribution in [-0.2, 0) is 11.3 Å². The molecule has 0 aliphatic carbocycles. The minimum atomic E-state index is -0.291. The van der Waals surface area contributed by atoms with Gasteiger partial charge in [-0.1, -0.05) is 5.16 Å². The van der Waals surface area contributed by atoms with Gasteiger partial charge in [-0.25, -0.2) is 4.39 Å². The van der Waals surface area contributed by atoms with E-state index in [0.717, 1.165) is 25.1 Å². The van der Waals surface area contributed by atoms with Gasteiger partial charge in [0.15, 0.2) is 5.76 Å². The molecule has 2 aromatic rings. The molecule has 1 aromatic carbocycles. The summed E-state index contributed by atoms with van der Waals surface area (Å²) in [5.74, 6) is 0.733. The third-order valence-corrected chi connectivity index (χ3v) is 3.80. The zero-order valence-corrected chi connectivity index (χ0v) is 13.4. The van der Waals surface area contributed by atoms with Crippen molar-refractivity contribution in [3.05, 3.63) is 41.9 Å². The number of carbonyl (C=O) groups is 1. The highest BCUT2D eigenvalue weighted by Gasteiger charge is 2.18. The molecule has 1 aliphatic heterocycles. The number of hydrogen-bond donors (Lipinski definition) is 2. The molecule has 0 spiro atoms. The van der Waals surface area contributed by atoms with Crippen molar-refractivity contribution < 1.29 is 13.7 Å². The fourth-order valence-electron chi connectivity index (χ4n) is 2.56. The molecule has 1 atom stereocenters. The SMILES string of the molecule is Cl.O=C(CC1CCNC1)NCc1cc(-c2ccc(F)cc2)no1. The van der Waals surface area contributed by atoms with Crippen LogP contribution in [0.2, 0.25) is 0 Å². The van der Waals surface area contributed by atoms with Crippen LogP contribution in [0.3, 0.4) is 0 Å². The molecule has 0 saturated carbocycles. The van der Waals surface area contributed by atoms with Crippen LogP contribution < -0.4 is 10.6 Å². The number of rotatable bonds is 5. The number of aromatic nitrogens is 1. The standard InChI is InChI=1S/C16H18FN3O2.ClH/c17-13-3-1-12(2-4-13)15-8-14(22-20-15)10-19-16(21)7-11-5-6-18-9-11;/h1-4,8,11,18H,5-7,9-10H2,(H,19,21);1H. The Morgan fingerprint density at radius 1 is 1.39 bits per heavy atom. The maximum atomic E-state index is 12.9. The highest BCUT2D eigenvalue weighted by atomic mass is 35.5. The third kappa shape index (κ3) is 4.77. The summed E-state index contributed by atoms with van der Waals surface area (Å²) in [4.78, 5) is 11.8. The lowest BCUT2D eigenvalue weighted by Crippen LogP contribution is -2.25. The normalized spacial score (nSPS) is 16.8. The van der Waals surface area contributed by atoms with E-state index in [9.17, 15) is 9.18 Å². The molecule has 1 unspecified atom stereocenters. The zero-order valence-electron chi connectivity index (χ0n) is 12.5. The topological polar surface area (TPSA) is 67.2 Å². The Kier molecular flexibility index (Phi) is 6.12. The van der Waals surface area contributed by atoms with Crippen LogP contribution >= 0.6 is 12.4 Å². The lowest BCUT2D eigenvalue weighted by molar-refractivity contribution is -0.122. The van der Waals surface area contributed by atoms with E-state index in [4.69, 9.17) is 4.52 Å². The van der Waals surface area contributed by atoms with Gasteiger partial charge in [0.1, 0.15) is 11.5 Å². The number of amides is 1. The molecule has 3 rings (SSSR count). The maximum Gasteiger partial charge on any atom is 0.220 e. The Balaban J connectivity index is 0.00000192. The van der Waals surface area contributed by atoms with Gasteiger partial charge in [-0.2, -0.15) is 0 Å². The van der Waals surface area contributed by atoms with Crippen LogP contribution in [0.15, 0.2) is 34.9 Å². The first-order valence-electron chi connectivity index (χ1n) is 7.39. The van der Waals surface area contributed by atoms with Gasteiger partial charge in [-0.05, 0) is 49.7 Å². The van der Waals surface area contributed by atoms with E-state index in [1.165, 1.54) is 12.1 Å². The van der Waals surface area contributed by atoms with Crippen LogP contribution in [0.25, 0.3) is 11.3 Å². The molecular weight excluding hydrogens is 321 g/mol. The smallest absolute Gasteiger partial charge is 0.220 e. The summed E-state index contributed by atoms with van der Waals surface area (Å²) < 4.78 is 18.1. The Bertz CT molecular complexity index is 639. The Morgan fingerprint density at radius 2 is 2.17 bits per heavy atom. The van der Waals surface area contributed by atoms with E-state index < -0.39 is 0 Å². The van der Waals surface area contributed by atoms with E-state index >= 15 is 0 Å². The lowest BCUT2D eigenvalue weighted by atomic mass is 10.0. The van der Waals surface area contributed by atoms with Gasteiger partial charge in [0.2, 0.25) is 5.91 Å². The number of benzene rings is 1. The lowest BCUT2D eigenvalue weighted by Gasteiger charge is -2.07. The second kappa shape index (κ2) is 8.08. The molecule has 23 heavy (non-hydrogen) atoms. The van der Waals surface area contributed by atoms with E-state index in [1.54, 1.807) is 18.2 Å². The van der Waals surface area contributed by atoms with E-state index in [2.05, 4.69) is 15.8 Å². The molecule has 5 nitrogen and oxygen atoms in total. The summed E-state index contributed by atoms with van der Waals surface area (Å²) in [6.07, 6.45) is 1.58. The van der Waals surface area contributed by atoms with Gasteiger partial charge in [-0.3, -0.25) is 4.79 Å². The largest absolute Gasteiger partial charge is 0.359 e. The molecular formula is C16H19ClFN3O2. The van der Waals surface area contributed by atoms with Crippen molar-refractivity contribution in [1.29, 1.82) is 0 Å². The molecule has 1 fully saturated rings. The second-order valence-corrected chi connectivity index (χ2v) is 5.53. The summed E-state index contributed by atoms with van der Waals surface area (Å²) in [6, 6.07) is 7.79. The van der Waals surface area contributed by atoms with Crippen molar-refractivity contribution in [2.45, 2.75) is 19.4 Å². The van der Waals surface area contributed by atoms with Crippen LogP contribution in [-0.4, -0.2) is 24.2 Å². The fraction of sp³-hybridized carbons (Fsp3) is 0.375. The van der Waals surface area contributed by atoms with Crippen molar-refractivity contribution in [2.24, 2.45) is 5.92 Å². The van der Waals surface area contributed by atoms with Gasteiger partial charge in [-0.15, -0.1) is 12.4 Å². The Morgan fingerprint density at radius 3 is 2.87 bits per heavy atom. The number of nitrogens with one attached hydrogen (secondary N) is 2. The molecule has 0 bridgehead atoms. The number of carbonyl (C=O) groups excluding carboxylic acids is 1. The first-order valence-corrected chi connectivity index (χ1v) is 7.39. The number of halogens is 2. The average Bonchev–Trinajstić information content (AvgIpc) is 3.17. The first kappa shape index (κ1) is 17.4. The molecule has 124 valence electrons. The quantitative estimate of drug-likeness (QED) is 0.878. The van der Waals surface area contributed by atoms with Gasteiger partial charge in [0, 0.05) is 18.1 Å². The fourth-order valence-corrected chi connectivity index (χ4v) is 2.56. The molecule has 1 aliphatic rings. The summed E-state index contributed by atoms with van der Waals surface area (Å²) in [6.45, 7) is 2.21. The highest BCUT2D eigenvalue weighted by Crippen LogP contribution is 2.19. The van der Waals surface area contributed by atoms with E-state index in [1.807, 2.05) is 0 Å². The average molecular weight is 340 g/mol. The van der Waals surface area contributed by atoms with Crippen molar-refractivity contribution in [3.63, 3.8) is 0 Å². The third-order valence-electron chi connectivity index (χ3n) is 3.80. The van der Waals surface area contributed by atoms with Crippen LogP contribution in [0.5, 0.6) is 0 Å². The van der Waals surface area contributed by atoms with Crippen molar-refractivity contribution in [3.8, 4) is 11.3 Å². The summed E-state index contributed by atoms with van der Waals surface area (Å²) >= 11 is 0. The van der Waals surface area contributed by atoms with Crippen molar-refractivity contribution >= 4 is 18.3 Å². The summed E-state index contributed by atoms with van der Waals surface area (Å²) in [7, 11) is 0.